The van der Waals surface area contributed by atoms with Gasteiger partial charge in [-0.05, 0) is 52.3 Å². The predicted molar refractivity (Wildman–Crippen MR) is 82.0 cm³/mol. The molecular formula is C14H9BrClFN2O2. The summed E-state index contributed by atoms with van der Waals surface area (Å²) in [6.07, 6.45) is 0. The zero-order valence-corrected chi connectivity index (χ0v) is 12.8. The van der Waals surface area contributed by atoms with Crippen molar-refractivity contribution >= 4 is 45.0 Å². The Bertz CT molecular complexity index is 737. The highest BCUT2D eigenvalue weighted by Crippen LogP contribution is 2.24. The van der Waals surface area contributed by atoms with Gasteiger partial charge in [0, 0.05) is 15.7 Å². The Morgan fingerprint density at radius 3 is 2.52 bits per heavy atom. The molecule has 0 bridgehead atoms. The van der Waals surface area contributed by atoms with Crippen molar-refractivity contribution in [2.45, 2.75) is 0 Å². The molecule has 0 spiro atoms. The highest BCUT2D eigenvalue weighted by atomic mass is 79.9. The van der Waals surface area contributed by atoms with E-state index >= 15 is 0 Å². The molecule has 0 aliphatic heterocycles. The molecule has 3 N–H and O–H groups in total. The number of primary amides is 1. The molecule has 2 rings (SSSR count). The van der Waals surface area contributed by atoms with E-state index in [1.807, 2.05) is 0 Å². The molecule has 0 unspecified atom stereocenters. The normalized spacial score (nSPS) is 10.2. The van der Waals surface area contributed by atoms with Gasteiger partial charge in [0.1, 0.15) is 5.82 Å². The van der Waals surface area contributed by atoms with Crippen molar-refractivity contribution in [2.75, 3.05) is 5.32 Å². The van der Waals surface area contributed by atoms with Crippen molar-refractivity contribution in [1.82, 2.24) is 0 Å². The fourth-order valence-electron chi connectivity index (χ4n) is 1.63. The summed E-state index contributed by atoms with van der Waals surface area (Å²) in [6.45, 7) is 0. The van der Waals surface area contributed by atoms with Crippen LogP contribution in [-0.2, 0) is 0 Å². The second-order valence-corrected chi connectivity index (χ2v) is 5.40. The van der Waals surface area contributed by atoms with Gasteiger partial charge in [-0.1, -0.05) is 11.6 Å². The Hall–Kier alpha value is -1.92. The summed E-state index contributed by atoms with van der Waals surface area (Å²) < 4.78 is 14.0. The van der Waals surface area contributed by atoms with Crippen molar-refractivity contribution in [3.05, 3.63) is 62.8 Å². The Morgan fingerprint density at radius 1 is 1.19 bits per heavy atom. The van der Waals surface area contributed by atoms with Crippen LogP contribution in [0.4, 0.5) is 10.1 Å². The first-order valence-electron chi connectivity index (χ1n) is 5.74. The van der Waals surface area contributed by atoms with Crippen LogP contribution < -0.4 is 11.1 Å². The Balaban J connectivity index is 2.25. The van der Waals surface area contributed by atoms with Gasteiger partial charge in [-0.25, -0.2) is 4.39 Å². The highest BCUT2D eigenvalue weighted by molar-refractivity contribution is 9.10. The molecule has 108 valence electrons. The average Bonchev–Trinajstić information content (AvgIpc) is 2.43. The molecule has 21 heavy (non-hydrogen) atoms. The quantitative estimate of drug-likeness (QED) is 0.865. The van der Waals surface area contributed by atoms with Gasteiger partial charge in [0.15, 0.2) is 0 Å². The fourth-order valence-corrected chi connectivity index (χ4v) is 2.06. The summed E-state index contributed by atoms with van der Waals surface area (Å²) in [6, 6.07) is 8.26. The predicted octanol–water partition coefficient (Wildman–Crippen LogP) is 3.59. The molecule has 4 nitrogen and oxygen atoms in total. The average molecular weight is 372 g/mol. The first-order valence-corrected chi connectivity index (χ1v) is 6.91. The summed E-state index contributed by atoms with van der Waals surface area (Å²) in [4.78, 5) is 23.1. The number of carbonyl (C=O) groups excluding carboxylic acids is 2. The van der Waals surface area contributed by atoms with Gasteiger partial charge >= 0.3 is 0 Å². The molecule has 2 aromatic rings. The maximum Gasteiger partial charge on any atom is 0.255 e. The molecule has 2 amide bonds. The molecular weight excluding hydrogens is 363 g/mol. The number of halogens is 3. The molecule has 0 fully saturated rings. The third-order valence-electron chi connectivity index (χ3n) is 2.67. The SMILES string of the molecule is NC(=O)c1cc(NC(=O)c2ccc(Br)c(Cl)c2)ccc1F. The summed E-state index contributed by atoms with van der Waals surface area (Å²) >= 11 is 9.13. The minimum atomic E-state index is -0.907. The number of carbonyl (C=O) groups is 2. The van der Waals surface area contributed by atoms with Crippen LogP contribution in [0.15, 0.2) is 40.9 Å². The van der Waals surface area contributed by atoms with E-state index in [1.54, 1.807) is 12.1 Å². The lowest BCUT2D eigenvalue weighted by atomic mass is 10.1. The highest BCUT2D eigenvalue weighted by Gasteiger charge is 2.12. The van der Waals surface area contributed by atoms with E-state index in [1.165, 1.54) is 18.2 Å². The Kier molecular flexibility index (Phi) is 4.59. The maximum absolute atomic E-state index is 13.3. The van der Waals surface area contributed by atoms with Crippen molar-refractivity contribution in [3.63, 3.8) is 0 Å². The standard InChI is InChI=1S/C14H9BrClFN2O2/c15-10-3-1-7(5-11(10)16)14(21)19-8-2-4-12(17)9(6-8)13(18)20/h1-6H,(H2,18,20)(H,19,21). The van der Waals surface area contributed by atoms with Crippen LogP contribution in [0.5, 0.6) is 0 Å². The van der Waals surface area contributed by atoms with Gasteiger partial charge in [-0.15, -0.1) is 0 Å². The lowest BCUT2D eigenvalue weighted by Gasteiger charge is -2.08. The monoisotopic (exact) mass is 370 g/mol. The lowest BCUT2D eigenvalue weighted by molar-refractivity contribution is 0.0992. The zero-order chi connectivity index (χ0) is 15.6. The van der Waals surface area contributed by atoms with Crippen LogP contribution in [-0.4, -0.2) is 11.8 Å². The molecule has 0 saturated heterocycles. The minimum Gasteiger partial charge on any atom is -0.366 e. The molecule has 7 heteroatoms. The second kappa shape index (κ2) is 6.24. The zero-order valence-electron chi connectivity index (χ0n) is 10.5. The number of amides is 2. The maximum atomic E-state index is 13.3. The van der Waals surface area contributed by atoms with Crippen molar-refractivity contribution < 1.29 is 14.0 Å². The summed E-state index contributed by atoms with van der Waals surface area (Å²) in [5, 5.41) is 2.93. The molecule has 0 radical (unpaired) electrons. The van der Waals surface area contributed by atoms with Gasteiger partial charge in [-0.2, -0.15) is 0 Å². The minimum absolute atomic E-state index is 0.259. The summed E-state index contributed by atoms with van der Waals surface area (Å²) in [5.74, 6) is -2.09. The van der Waals surface area contributed by atoms with Gasteiger partial charge in [0.25, 0.3) is 11.8 Å². The number of rotatable bonds is 3. The van der Waals surface area contributed by atoms with Crippen LogP contribution in [0.25, 0.3) is 0 Å². The number of anilines is 1. The summed E-state index contributed by atoms with van der Waals surface area (Å²) in [7, 11) is 0. The van der Waals surface area contributed by atoms with Crippen LogP contribution in [0, 0.1) is 5.82 Å². The number of benzene rings is 2. The van der Waals surface area contributed by atoms with Crippen LogP contribution in [0.3, 0.4) is 0 Å². The fraction of sp³-hybridized carbons (Fsp3) is 0. The van der Waals surface area contributed by atoms with Crippen molar-refractivity contribution in [3.8, 4) is 0 Å². The van der Waals surface area contributed by atoms with Crippen molar-refractivity contribution in [2.24, 2.45) is 5.73 Å². The number of nitrogens with two attached hydrogens (primary N) is 1. The molecule has 0 saturated carbocycles. The number of hydrogen-bond acceptors (Lipinski definition) is 2. The third-order valence-corrected chi connectivity index (χ3v) is 3.90. The topological polar surface area (TPSA) is 72.2 Å². The Labute approximate surface area is 133 Å². The van der Waals surface area contributed by atoms with E-state index in [0.29, 0.717) is 15.1 Å². The molecule has 0 aliphatic carbocycles. The molecule has 0 aliphatic rings. The van der Waals surface area contributed by atoms with Gasteiger partial charge in [0.05, 0.1) is 10.6 Å². The van der Waals surface area contributed by atoms with E-state index < -0.39 is 17.6 Å². The van der Waals surface area contributed by atoms with E-state index in [0.717, 1.165) is 6.07 Å². The molecule has 0 atom stereocenters. The van der Waals surface area contributed by atoms with Gasteiger partial charge in [-0.3, -0.25) is 9.59 Å². The van der Waals surface area contributed by atoms with Crippen LogP contribution in [0.1, 0.15) is 20.7 Å². The second-order valence-electron chi connectivity index (χ2n) is 4.14. The Morgan fingerprint density at radius 2 is 1.90 bits per heavy atom. The molecule has 2 aromatic carbocycles. The number of hydrogen-bond donors (Lipinski definition) is 2. The number of nitrogens with one attached hydrogen (secondary N) is 1. The van der Waals surface area contributed by atoms with E-state index in [-0.39, 0.29) is 11.3 Å². The lowest BCUT2D eigenvalue weighted by Crippen LogP contribution is -2.16. The van der Waals surface area contributed by atoms with Gasteiger partial charge in [0.2, 0.25) is 0 Å². The van der Waals surface area contributed by atoms with Crippen LogP contribution >= 0.6 is 27.5 Å². The van der Waals surface area contributed by atoms with Crippen molar-refractivity contribution in [1.29, 1.82) is 0 Å². The molecule has 0 heterocycles. The molecule has 0 aromatic heterocycles. The first kappa shape index (κ1) is 15.5. The van der Waals surface area contributed by atoms with Crippen LogP contribution in [0.2, 0.25) is 5.02 Å². The summed E-state index contributed by atoms with van der Waals surface area (Å²) in [5.41, 5.74) is 5.34. The van der Waals surface area contributed by atoms with Gasteiger partial charge < -0.3 is 11.1 Å². The van der Waals surface area contributed by atoms with E-state index in [9.17, 15) is 14.0 Å². The first-order chi connectivity index (χ1) is 9.88. The van der Waals surface area contributed by atoms with E-state index in [2.05, 4.69) is 21.2 Å². The smallest absolute Gasteiger partial charge is 0.255 e. The third kappa shape index (κ3) is 3.59. The largest absolute Gasteiger partial charge is 0.366 e. The van der Waals surface area contributed by atoms with E-state index in [4.69, 9.17) is 17.3 Å².